The van der Waals surface area contributed by atoms with Crippen molar-refractivity contribution in [3.8, 4) is 0 Å². The third-order valence-corrected chi connectivity index (χ3v) is 3.65. The van der Waals surface area contributed by atoms with Gasteiger partial charge in [-0.05, 0) is 32.1 Å². The molecular formula is C12H18BrN3. The highest BCUT2D eigenvalue weighted by Crippen LogP contribution is 2.25. The zero-order valence-corrected chi connectivity index (χ0v) is 11.3. The second-order valence-corrected chi connectivity index (χ2v) is 5.19. The molecule has 1 aromatic rings. The lowest BCUT2D eigenvalue weighted by Crippen LogP contribution is -2.36. The van der Waals surface area contributed by atoms with Gasteiger partial charge in [-0.3, -0.25) is 4.98 Å². The molecule has 0 spiro atoms. The molecule has 0 aliphatic carbocycles. The van der Waals surface area contributed by atoms with Crippen LogP contribution in [0.4, 0.5) is 5.82 Å². The molecule has 3 nitrogen and oxygen atoms in total. The Bertz CT molecular complexity index is 341. The van der Waals surface area contributed by atoms with Crippen molar-refractivity contribution in [2.45, 2.75) is 26.2 Å². The quantitative estimate of drug-likeness (QED) is 0.799. The average Bonchev–Trinajstić information content (AvgIpc) is 2.30. The van der Waals surface area contributed by atoms with Gasteiger partial charge >= 0.3 is 0 Å². The second kappa shape index (κ2) is 5.62. The van der Waals surface area contributed by atoms with Gasteiger partial charge in [0.2, 0.25) is 0 Å². The highest BCUT2D eigenvalue weighted by molar-refractivity contribution is 9.09. The van der Waals surface area contributed by atoms with Crippen molar-refractivity contribution >= 4 is 21.7 Å². The summed E-state index contributed by atoms with van der Waals surface area (Å²) in [7, 11) is 0. The van der Waals surface area contributed by atoms with E-state index in [1.165, 1.54) is 19.3 Å². The lowest BCUT2D eigenvalue weighted by Gasteiger charge is -2.33. The highest BCUT2D eigenvalue weighted by Gasteiger charge is 2.21. The Balaban J connectivity index is 2.07. The number of rotatable bonds is 3. The first kappa shape index (κ1) is 11.8. The summed E-state index contributed by atoms with van der Waals surface area (Å²) in [6, 6.07) is 0. The van der Waals surface area contributed by atoms with E-state index >= 15 is 0 Å². The van der Waals surface area contributed by atoms with Crippen LogP contribution in [0, 0.1) is 12.8 Å². The lowest BCUT2D eigenvalue weighted by molar-refractivity contribution is 0.405. The molecule has 0 bridgehead atoms. The molecule has 1 fully saturated rings. The predicted molar refractivity (Wildman–Crippen MR) is 70.1 cm³/mol. The average molecular weight is 284 g/mol. The van der Waals surface area contributed by atoms with Crippen LogP contribution in [0.25, 0.3) is 0 Å². The number of hydrogen-bond acceptors (Lipinski definition) is 3. The van der Waals surface area contributed by atoms with Crippen LogP contribution in [0.3, 0.4) is 0 Å². The summed E-state index contributed by atoms with van der Waals surface area (Å²) in [5.41, 5.74) is 1.04. The van der Waals surface area contributed by atoms with Crippen LogP contribution in [0.2, 0.25) is 0 Å². The van der Waals surface area contributed by atoms with Crippen LogP contribution >= 0.6 is 15.9 Å². The number of halogens is 1. The van der Waals surface area contributed by atoms with Gasteiger partial charge in [0.25, 0.3) is 0 Å². The number of aromatic nitrogens is 2. The molecule has 1 unspecified atom stereocenters. The summed E-state index contributed by atoms with van der Waals surface area (Å²) in [4.78, 5) is 11.1. The summed E-state index contributed by atoms with van der Waals surface area (Å²) >= 11 is 3.53. The predicted octanol–water partition coefficient (Wildman–Crippen LogP) is 2.79. The Labute approximate surface area is 105 Å². The van der Waals surface area contributed by atoms with Gasteiger partial charge in [-0.25, -0.2) is 4.98 Å². The van der Waals surface area contributed by atoms with Crippen molar-refractivity contribution in [1.29, 1.82) is 0 Å². The third-order valence-electron chi connectivity index (χ3n) is 3.19. The number of nitrogens with zero attached hydrogens (tertiary/aromatic N) is 3. The number of aryl methyl sites for hydroxylation is 1. The van der Waals surface area contributed by atoms with Gasteiger partial charge < -0.3 is 4.90 Å². The molecular weight excluding hydrogens is 266 g/mol. The Hall–Kier alpha value is -0.640. The summed E-state index contributed by atoms with van der Waals surface area (Å²) in [5, 5.41) is 1.10. The molecule has 1 aliphatic rings. The smallest absolute Gasteiger partial charge is 0.150 e. The highest BCUT2D eigenvalue weighted by atomic mass is 79.9. The Morgan fingerprint density at radius 3 is 3.00 bits per heavy atom. The maximum absolute atomic E-state index is 4.45. The fraction of sp³-hybridized carbons (Fsp3) is 0.667. The van der Waals surface area contributed by atoms with Crippen molar-refractivity contribution < 1.29 is 0 Å². The molecule has 2 rings (SSSR count). The van der Waals surface area contributed by atoms with E-state index < -0.39 is 0 Å². The van der Waals surface area contributed by atoms with Crippen molar-refractivity contribution in [3.63, 3.8) is 0 Å². The van der Waals surface area contributed by atoms with Gasteiger partial charge in [-0.15, -0.1) is 0 Å². The molecule has 0 N–H and O–H groups in total. The van der Waals surface area contributed by atoms with E-state index in [0.29, 0.717) is 0 Å². The number of hydrogen-bond donors (Lipinski definition) is 0. The van der Waals surface area contributed by atoms with Gasteiger partial charge in [0.15, 0.2) is 0 Å². The van der Waals surface area contributed by atoms with Crippen molar-refractivity contribution in [2.24, 2.45) is 5.92 Å². The number of alkyl halides is 1. The minimum atomic E-state index is 0.800. The molecule has 1 saturated heterocycles. The van der Waals surface area contributed by atoms with E-state index in [1.807, 2.05) is 6.92 Å². The van der Waals surface area contributed by atoms with Crippen LogP contribution in [-0.2, 0) is 0 Å². The second-order valence-electron chi connectivity index (χ2n) is 4.40. The maximum atomic E-state index is 4.45. The summed E-state index contributed by atoms with van der Waals surface area (Å²) in [6.45, 7) is 4.29. The topological polar surface area (TPSA) is 29.0 Å². The molecule has 1 atom stereocenters. The maximum Gasteiger partial charge on any atom is 0.150 e. The molecule has 0 amide bonds. The summed E-state index contributed by atoms with van der Waals surface area (Å²) in [6.07, 6.45) is 7.43. The van der Waals surface area contributed by atoms with E-state index in [-0.39, 0.29) is 0 Å². The van der Waals surface area contributed by atoms with E-state index in [2.05, 4.69) is 30.8 Å². The molecule has 16 heavy (non-hydrogen) atoms. The Morgan fingerprint density at radius 1 is 1.44 bits per heavy atom. The Kier molecular flexibility index (Phi) is 4.16. The lowest BCUT2D eigenvalue weighted by atomic mass is 9.95. The SMILES string of the molecule is Cc1nccnc1N1CCCC(CCBr)C1. The van der Waals surface area contributed by atoms with Crippen molar-refractivity contribution in [2.75, 3.05) is 23.3 Å². The van der Waals surface area contributed by atoms with Crippen LogP contribution in [0.5, 0.6) is 0 Å². The standard InChI is InChI=1S/C12H18BrN3/c1-10-12(15-7-6-14-10)16-8-2-3-11(9-16)4-5-13/h6-7,11H,2-5,8-9H2,1H3. The molecule has 1 aromatic heterocycles. The minimum absolute atomic E-state index is 0.800. The van der Waals surface area contributed by atoms with E-state index in [9.17, 15) is 0 Å². The first-order chi connectivity index (χ1) is 7.81. The molecule has 2 heterocycles. The van der Waals surface area contributed by atoms with E-state index in [0.717, 1.165) is 35.8 Å². The van der Waals surface area contributed by atoms with Gasteiger partial charge in [0, 0.05) is 30.8 Å². The Morgan fingerprint density at radius 2 is 2.25 bits per heavy atom. The third kappa shape index (κ3) is 2.73. The van der Waals surface area contributed by atoms with Crippen LogP contribution in [0.1, 0.15) is 25.0 Å². The minimum Gasteiger partial charge on any atom is -0.355 e. The number of anilines is 1. The van der Waals surface area contributed by atoms with Gasteiger partial charge in [0.05, 0.1) is 5.69 Å². The van der Waals surface area contributed by atoms with Gasteiger partial charge in [-0.1, -0.05) is 15.9 Å². The molecule has 0 saturated carbocycles. The first-order valence-electron chi connectivity index (χ1n) is 5.90. The molecule has 1 aliphatic heterocycles. The van der Waals surface area contributed by atoms with E-state index in [1.54, 1.807) is 12.4 Å². The normalized spacial score (nSPS) is 21.1. The number of piperidine rings is 1. The fourth-order valence-corrected chi connectivity index (χ4v) is 3.01. The first-order valence-corrected chi connectivity index (χ1v) is 7.02. The molecule has 0 radical (unpaired) electrons. The molecule has 4 heteroatoms. The van der Waals surface area contributed by atoms with Crippen molar-refractivity contribution in [1.82, 2.24) is 9.97 Å². The van der Waals surface area contributed by atoms with E-state index in [4.69, 9.17) is 0 Å². The largest absolute Gasteiger partial charge is 0.355 e. The zero-order valence-electron chi connectivity index (χ0n) is 9.69. The molecule has 0 aromatic carbocycles. The van der Waals surface area contributed by atoms with Gasteiger partial charge in [-0.2, -0.15) is 0 Å². The fourth-order valence-electron chi connectivity index (χ4n) is 2.36. The monoisotopic (exact) mass is 283 g/mol. The van der Waals surface area contributed by atoms with Crippen LogP contribution < -0.4 is 4.90 Å². The van der Waals surface area contributed by atoms with Crippen LogP contribution in [0.15, 0.2) is 12.4 Å². The van der Waals surface area contributed by atoms with Crippen LogP contribution in [-0.4, -0.2) is 28.4 Å². The summed E-state index contributed by atoms with van der Waals surface area (Å²) < 4.78 is 0. The molecule has 88 valence electrons. The zero-order chi connectivity index (χ0) is 11.4. The summed E-state index contributed by atoms with van der Waals surface area (Å²) in [5.74, 6) is 1.87. The van der Waals surface area contributed by atoms with Crippen molar-refractivity contribution in [3.05, 3.63) is 18.1 Å². The van der Waals surface area contributed by atoms with Gasteiger partial charge in [0.1, 0.15) is 5.82 Å².